The minimum absolute atomic E-state index is 0.0114. The predicted octanol–water partition coefficient (Wildman–Crippen LogP) is 2.24. The molecule has 18 heavy (non-hydrogen) atoms. The number of benzene rings is 1. The summed E-state index contributed by atoms with van der Waals surface area (Å²) in [6, 6.07) is 8.07. The van der Waals surface area contributed by atoms with Crippen LogP contribution in [0.15, 0.2) is 47.4 Å². The van der Waals surface area contributed by atoms with Crippen molar-refractivity contribution in [1.29, 1.82) is 0 Å². The van der Waals surface area contributed by atoms with Crippen molar-refractivity contribution in [2.24, 2.45) is 5.84 Å². The molecule has 0 spiro atoms. The van der Waals surface area contributed by atoms with Gasteiger partial charge >= 0.3 is 0 Å². The summed E-state index contributed by atoms with van der Waals surface area (Å²) >= 11 is 1.66. The van der Waals surface area contributed by atoms with Crippen LogP contribution in [0, 0.1) is 0 Å². The quantitative estimate of drug-likeness (QED) is 0.557. The first-order chi connectivity index (χ1) is 8.88. The third-order valence-corrected chi connectivity index (χ3v) is 3.57. The molecule has 0 aliphatic carbocycles. The van der Waals surface area contributed by atoms with Gasteiger partial charge in [-0.2, -0.15) is 11.3 Å². The molecule has 90 valence electrons. The van der Waals surface area contributed by atoms with Gasteiger partial charge in [0.2, 0.25) is 0 Å². The Balaban J connectivity index is 2.07. The molecule has 1 aromatic carbocycles. The Morgan fingerprint density at radius 1 is 1.06 bits per heavy atom. The Hall–Kier alpha value is -1.82. The van der Waals surface area contributed by atoms with Crippen LogP contribution in [0.5, 0.6) is 0 Å². The number of aromatic nitrogens is 2. The topological polar surface area (TPSA) is 63.8 Å². The summed E-state index contributed by atoms with van der Waals surface area (Å²) < 4.78 is 0. The highest BCUT2D eigenvalue weighted by molar-refractivity contribution is 7.08. The summed E-state index contributed by atoms with van der Waals surface area (Å²) in [7, 11) is 0. The van der Waals surface area contributed by atoms with Crippen LogP contribution in [-0.4, -0.2) is 9.97 Å². The Morgan fingerprint density at radius 3 is 2.61 bits per heavy atom. The number of hydrazine groups is 1. The minimum atomic E-state index is -0.0114. The van der Waals surface area contributed by atoms with Gasteiger partial charge in [0.25, 0.3) is 0 Å². The number of nitrogens with one attached hydrogen (secondary N) is 1. The van der Waals surface area contributed by atoms with Gasteiger partial charge in [0.05, 0.1) is 17.1 Å². The lowest BCUT2D eigenvalue weighted by molar-refractivity contribution is 0.639. The van der Waals surface area contributed by atoms with Gasteiger partial charge in [-0.3, -0.25) is 15.8 Å². The molecule has 1 unspecified atom stereocenters. The molecule has 0 radical (unpaired) electrons. The summed E-state index contributed by atoms with van der Waals surface area (Å²) in [4.78, 5) is 8.57. The maximum atomic E-state index is 5.66. The van der Waals surface area contributed by atoms with E-state index in [1.807, 2.05) is 23.6 Å². The molecule has 3 N–H and O–H groups in total. The molecular weight excluding hydrogens is 244 g/mol. The van der Waals surface area contributed by atoms with Crippen molar-refractivity contribution in [3.05, 3.63) is 58.5 Å². The fraction of sp³-hybridized carbons (Fsp3) is 0.0769. The van der Waals surface area contributed by atoms with Gasteiger partial charge in [0.15, 0.2) is 0 Å². The average molecular weight is 256 g/mol. The smallest absolute Gasteiger partial charge is 0.0890 e. The monoisotopic (exact) mass is 256 g/mol. The second-order valence-corrected chi connectivity index (χ2v) is 4.74. The highest BCUT2D eigenvalue weighted by Gasteiger charge is 2.13. The Kier molecular flexibility index (Phi) is 3.02. The third kappa shape index (κ3) is 1.99. The van der Waals surface area contributed by atoms with E-state index < -0.39 is 0 Å². The molecule has 0 bridgehead atoms. The van der Waals surface area contributed by atoms with E-state index in [4.69, 9.17) is 5.84 Å². The zero-order valence-corrected chi connectivity index (χ0v) is 10.4. The van der Waals surface area contributed by atoms with Crippen LogP contribution in [0.25, 0.3) is 11.0 Å². The van der Waals surface area contributed by atoms with Crippen LogP contribution in [0.1, 0.15) is 17.2 Å². The van der Waals surface area contributed by atoms with Gasteiger partial charge in [-0.05, 0) is 40.1 Å². The summed E-state index contributed by atoms with van der Waals surface area (Å²) in [5, 5.41) is 4.13. The zero-order chi connectivity index (χ0) is 12.4. The number of rotatable bonds is 3. The first kappa shape index (κ1) is 11.3. The predicted molar refractivity (Wildman–Crippen MR) is 73.0 cm³/mol. The van der Waals surface area contributed by atoms with Crippen molar-refractivity contribution in [2.45, 2.75) is 6.04 Å². The molecule has 0 saturated heterocycles. The van der Waals surface area contributed by atoms with Crippen LogP contribution in [0.2, 0.25) is 0 Å². The van der Waals surface area contributed by atoms with Gasteiger partial charge in [-0.15, -0.1) is 0 Å². The zero-order valence-electron chi connectivity index (χ0n) is 9.58. The fourth-order valence-corrected chi connectivity index (χ4v) is 2.67. The molecular formula is C13H12N4S. The van der Waals surface area contributed by atoms with Gasteiger partial charge < -0.3 is 0 Å². The number of hydrogen-bond donors (Lipinski definition) is 2. The summed E-state index contributed by atoms with van der Waals surface area (Å²) in [5.41, 5.74) is 6.86. The molecule has 3 rings (SSSR count). The maximum Gasteiger partial charge on any atom is 0.0890 e. The molecule has 4 nitrogen and oxygen atoms in total. The Morgan fingerprint density at radius 2 is 1.89 bits per heavy atom. The first-order valence-corrected chi connectivity index (χ1v) is 6.51. The van der Waals surface area contributed by atoms with E-state index in [2.05, 4.69) is 26.8 Å². The van der Waals surface area contributed by atoms with E-state index in [1.165, 1.54) is 0 Å². The van der Waals surface area contributed by atoms with Crippen LogP contribution in [0.4, 0.5) is 0 Å². The number of hydrogen-bond acceptors (Lipinski definition) is 5. The standard InChI is InChI=1S/C13H12N4S/c14-17-13(10-3-6-18-8-10)9-1-2-11-12(7-9)16-5-4-15-11/h1-8,13,17H,14H2. The lowest BCUT2D eigenvalue weighted by Gasteiger charge is -2.15. The third-order valence-electron chi connectivity index (χ3n) is 2.87. The summed E-state index contributed by atoms with van der Waals surface area (Å²) in [5.74, 6) is 5.66. The van der Waals surface area contributed by atoms with Crippen molar-refractivity contribution in [1.82, 2.24) is 15.4 Å². The Labute approximate surface area is 108 Å². The number of nitrogens with zero attached hydrogens (tertiary/aromatic N) is 2. The lowest BCUT2D eigenvalue weighted by Crippen LogP contribution is -2.28. The molecule has 5 heteroatoms. The van der Waals surface area contributed by atoms with E-state index in [-0.39, 0.29) is 6.04 Å². The normalized spacial score (nSPS) is 12.7. The maximum absolute atomic E-state index is 5.66. The van der Waals surface area contributed by atoms with E-state index >= 15 is 0 Å². The van der Waals surface area contributed by atoms with Crippen molar-refractivity contribution in [3.8, 4) is 0 Å². The van der Waals surface area contributed by atoms with Crippen LogP contribution >= 0.6 is 11.3 Å². The molecule has 3 aromatic rings. The largest absolute Gasteiger partial charge is 0.271 e. The van der Waals surface area contributed by atoms with Crippen LogP contribution < -0.4 is 11.3 Å². The van der Waals surface area contributed by atoms with Gasteiger partial charge in [0, 0.05) is 12.4 Å². The molecule has 0 fully saturated rings. The van der Waals surface area contributed by atoms with Crippen molar-refractivity contribution in [2.75, 3.05) is 0 Å². The van der Waals surface area contributed by atoms with Gasteiger partial charge in [-0.1, -0.05) is 6.07 Å². The molecule has 2 heterocycles. The van der Waals surface area contributed by atoms with E-state index in [0.717, 1.165) is 22.2 Å². The van der Waals surface area contributed by atoms with Crippen molar-refractivity contribution >= 4 is 22.4 Å². The molecule has 0 saturated carbocycles. The highest BCUT2D eigenvalue weighted by Crippen LogP contribution is 2.25. The SMILES string of the molecule is NNC(c1ccsc1)c1ccc2nccnc2c1. The number of thiophene rings is 1. The summed E-state index contributed by atoms with van der Waals surface area (Å²) in [6.45, 7) is 0. The fourth-order valence-electron chi connectivity index (χ4n) is 1.98. The van der Waals surface area contributed by atoms with Gasteiger partial charge in [0.1, 0.15) is 0 Å². The molecule has 1 atom stereocenters. The molecule has 0 amide bonds. The summed E-state index contributed by atoms with van der Waals surface area (Å²) in [6.07, 6.45) is 3.39. The number of fused-ring (bicyclic) bond motifs is 1. The van der Waals surface area contributed by atoms with E-state index in [1.54, 1.807) is 23.7 Å². The van der Waals surface area contributed by atoms with Crippen LogP contribution in [-0.2, 0) is 0 Å². The highest BCUT2D eigenvalue weighted by atomic mass is 32.1. The van der Waals surface area contributed by atoms with Crippen molar-refractivity contribution < 1.29 is 0 Å². The molecule has 0 aliphatic rings. The van der Waals surface area contributed by atoms with Crippen LogP contribution in [0.3, 0.4) is 0 Å². The Bertz CT molecular complexity index is 651. The van der Waals surface area contributed by atoms with Crippen molar-refractivity contribution in [3.63, 3.8) is 0 Å². The number of nitrogens with two attached hydrogens (primary N) is 1. The van der Waals surface area contributed by atoms with Gasteiger partial charge in [-0.25, -0.2) is 5.43 Å². The second kappa shape index (κ2) is 4.81. The first-order valence-electron chi connectivity index (χ1n) is 5.57. The molecule has 0 aliphatic heterocycles. The molecule has 2 aromatic heterocycles. The minimum Gasteiger partial charge on any atom is -0.271 e. The second-order valence-electron chi connectivity index (χ2n) is 3.96. The van der Waals surface area contributed by atoms with E-state index in [0.29, 0.717) is 0 Å². The average Bonchev–Trinajstić information content (AvgIpc) is 2.93. The lowest BCUT2D eigenvalue weighted by atomic mass is 10.0. The van der Waals surface area contributed by atoms with E-state index in [9.17, 15) is 0 Å².